The molecule has 0 aromatic heterocycles. The van der Waals surface area contributed by atoms with Crippen molar-refractivity contribution in [1.82, 2.24) is 0 Å². The number of allylic oxidation sites excluding steroid dienone is 4. The number of benzene rings is 2. The fraction of sp³-hybridized carbons (Fsp3) is 0.447. The Morgan fingerprint density at radius 2 is 1.76 bits per heavy atom. The summed E-state index contributed by atoms with van der Waals surface area (Å²) >= 11 is 0. The van der Waals surface area contributed by atoms with Crippen LogP contribution in [0.15, 0.2) is 83.8 Å². The highest BCUT2D eigenvalue weighted by Gasteiger charge is 2.56. The number of nitrogens with one attached hydrogen (secondary N) is 1. The first-order valence-corrected chi connectivity index (χ1v) is 15.5. The molecule has 42 heavy (non-hydrogen) atoms. The van der Waals surface area contributed by atoms with Crippen LogP contribution in [0.5, 0.6) is 0 Å². The number of ketones is 1. The summed E-state index contributed by atoms with van der Waals surface area (Å²) in [6, 6.07) is 16.8. The molecule has 0 radical (unpaired) electrons. The second-order valence-corrected chi connectivity index (χ2v) is 14.0. The van der Waals surface area contributed by atoms with Gasteiger partial charge in [0.05, 0.1) is 6.10 Å². The SMILES string of the molecule is C=C(Nc1ccc(C(C)(C)C)cc1)OC#Cc1ccc(C2CC3(C)C(O)CCC3C3CCC4=CC(=O)CCC4=C23)cc1. The molecule has 2 N–H and O–H groups in total. The molecule has 0 saturated heterocycles. The summed E-state index contributed by atoms with van der Waals surface area (Å²) in [5, 5.41) is 14.3. The summed E-state index contributed by atoms with van der Waals surface area (Å²) in [4.78, 5) is 12.2. The molecule has 4 aliphatic carbocycles. The predicted molar refractivity (Wildman–Crippen MR) is 169 cm³/mol. The molecule has 2 saturated carbocycles. The van der Waals surface area contributed by atoms with Gasteiger partial charge in [0.1, 0.15) is 6.11 Å². The van der Waals surface area contributed by atoms with Gasteiger partial charge in [0.25, 0.3) is 0 Å². The van der Waals surface area contributed by atoms with Crippen LogP contribution in [0.1, 0.15) is 95.2 Å². The van der Waals surface area contributed by atoms with Crippen molar-refractivity contribution >= 4 is 11.5 Å². The molecular formula is C38H43NO3. The second kappa shape index (κ2) is 10.9. The van der Waals surface area contributed by atoms with E-state index < -0.39 is 0 Å². The topological polar surface area (TPSA) is 58.6 Å². The highest BCUT2D eigenvalue weighted by Crippen LogP contribution is 2.63. The van der Waals surface area contributed by atoms with Crippen LogP contribution in [0.4, 0.5) is 5.69 Å². The summed E-state index contributed by atoms with van der Waals surface area (Å²) in [5.41, 5.74) is 8.62. The smallest absolute Gasteiger partial charge is 0.202 e. The number of ether oxygens (including phenoxy) is 1. The standard InChI is InChI=1S/C38H43NO3/c1-24(39-29-13-11-28(12-14-29)37(2,3)4)42-21-20-25-6-8-26(9-7-25)33-23-38(5)34(18-19-35(38)41)32-16-10-27-22-30(40)15-17-31(27)36(32)33/h6-9,11-14,22,32-35,39,41H,1,10,15-19,23H2,2-5H3. The lowest BCUT2D eigenvalue weighted by Crippen LogP contribution is -2.45. The van der Waals surface area contributed by atoms with Gasteiger partial charge in [-0.05, 0) is 126 Å². The van der Waals surface area contributed by atoms with Crippen molar-refractivity contribution in [3.8, 4) is 12.0 Å². The number of aliphatic hydroxyl groups excluding tert-OH is 1. The van der Waals surface area contributed by atoms with Gasteiger partial charge in [-0.15, -0.1) is 0 Å². The lowest BCUT2D eigenvalue weighted by atomic mass is 9.53. The monoisotopic (exact) mass is 561 g/mol. The number of aliphatic hydroxyl groups is 1. The Morgan fingerprint density at radius 3 is 2.48 bits per heavy atom. The molecule has 0 heterocycles. The van der Waals surface area contributed by atoms with Crippen LogP contribution in [0, 0.1) is 29.3 Å². The van der Waals surface area contributed by atoms with E-state index in [0.29, 0.717) is 24.1 Å². The van der Waals surface area contributed by atoms with Gasteiger partial charge in [-0.25, -0.2) is 0 Å². The van der Waals surface area contributed by atoms with E-state index in [9.17, 15) is 9.90 Å². The number of carbonyl (C=O) groups excluding carboxylic acids is 1. The predicted octanol–water partition coefficient (Wildman–Crippen LogP) is 8.15. The molecule has 2 aromatic carbocycles. The van der Waals surface area contributed by atoms with Gasteiger partial charge in [0, 0.05) is 23.6 Å². The van der Waals surface area contributed by atoms with Gasteiger partial charge >= 0.3 is 0 Å². The molecule has 218 valence electrons. The van der Waals surface area contributed by atoms with Crippen molar-refractivity contribution in [3.63, 3.8) is 0 Å². The zero-order chi connectivity index (χ0) is 29.6. The molecule has 5 unspecified atom stereocenters. The van der Waals surface area contributed by atoms with Gasteiger partial charge in [-0.1, -0.05) is 57.5 Å². The van der Waals surface area contributed by atoms with E-state index in [-0.39, 0.29) is 28.6 Å². The highest BCUT2D eigenvalue weighted by molar-refractivity contribution is 5.93. The van der Waals surface area contributed by atoms with Crippen LogP contribution < -0.4 is 5.32 Å². The van der Waals surface area contributed by atoms with Crippen molar-refractivity contribution in [2.75, 3.05) is 5.32 Å². The summed E-state index contributed by atoms with van der Waals surface area (Å²) in [5.74, 6) is 5.02. The van der Waals surface area contributed by atoms with E-state index in [0.717, 1.165) is 49.8 Å². The number of fused-ring (bicyclic) bond motifs is 4. The van der Waals surface area contributed by atoms with Crippen LogP contribution in [-0.2, 0) is 14.9 Å². The molecule has 4 nitrogen and oxygen atoms in total. The molecule has 2 fully saturated rings. The maximum absolute atomic E-state index is 12.2. The van der Waals surface area contributed by atoms with E-state index in [2.05, 4.69) is 88.0 Å². The summed E-state index contributed by atoms with van der Waals surface area (Å²) in [7, 11) is 0. The Labute approximate surface area is 251 Å². The van der Waals surface area contributed by atoms with Gasteiger partial charge in [0.2, 0.25) is 5.88 Å². The highest BCUT2D eigenvalue weighted by atomic mass is 16.5. The lowest BCUT2D eigenvalue weighted by molar-refractivity contribution is -0.114. The van der Waals surface area contributed by atoms with Crippen LogP contribution >= 0.6 is 0 Å². The molecule has 2 aromatic rings. The summed E-state index contributed by atoms with van der Waals surface area (Å²) < 4.78 is 5.57. The maximum Gasteiger partial charge on any atom is 0.202 e. The average molecular weight is 562 g/mol. The average Bonchev–Trinajstić information content (AvgIpc) is 3.26. The minimum atomic E-state index is -0.248. The first kappa shape index (κ1) is 28.6. The molecule has 0 spiro atoms. The third-order valence-electron chi connectivity index (χ3n) is 10.4. The first-order valence-electron chi connectivity index (χ1n) is 15.5. The van der Waals surface area contributed by atoms with E-state index >= 15 is 0 Å². The van der Waals surface area contributed by atoms with Gasteiger partial charge < -0.3 is 15.2 Å². The van der Waals surface area contributed by atoms with E-state index in [1.807, 2.05) is 18.2 Å². The number of carbonyl (C=O) groups is 1. The third kappa shape index (κ3) is 5.36. The van der Waals surface area contributed by atoms with Crippen LogP contribution in [-0.4, -0.2) is 17.0 Å². The van der Waals surface area contributed by atoms with Crippen LogP contribution in [0.3, 0.4) is 0 Å². The molecule has 5 atom stereocenters. The fourth-order valence-corrected chi connectivity index (χ4v) is 8.12. The van der Waals surface area contributed by atoms with Gasteiger partial charge in [-0.3, -0.25) is 4.79 Å². The number of hydrogen-bond acceptors (Lipinski definition) is 4. The molecule has 0 aliphatic heterocycles. The minimum absolute atomic E-state index is 0.0716. The maximum atomic E-state index is 12.2. The molecule has 0 bridgehead atoms. The first-order chi connectivity index (χ1) is 20.0. The Balaban J connectivity index is 1.19. The number of anilines is 1. The Morgan fingerprint density at radius 1 is 1.02 bits per heavy atom. The summed E-state index contributed by atoms with van der Waals surface area (Å²) in [6.45, 7) is 12.9. The van der Waals surface area contributed by atoms with Crippen molar-refractivity contribution in [2.45, 2.75) is 90.1 Å². The Kier molecular flexibility index (Phi) is 7.44. The van der Waals surface area contributed by atoms with Crippen molar-refractivity contribution in [3.05, 3.63) is 100 Å². The quantitative estimate of drug-likeness (QED) is 0.292. The zero-order valence-electron chi connectivity index (χ0n) is 25.4. The molecule has 4 aliphatic rings. The molecule has 4 heteroatoms. The number of rotatable bonds is 4. The molecule has 0 amide bonds. The van der Waals surface area contributed by atoms with Crippen molar-refractivity contribution in [2.24, 2.45) is 17.3 Å². The van der Waals surface area contributed by atoms with Crippen molar-refractivity contribution in [1.29, 1.82) is 0 Å². The van der Waals surface area contributed by atoms with E-state index in [1.54, 1.807) is 5.57 Å². The Hall–Kier alpha value is -3.55. The Bertz CT molecular complexity index is 1510. The molecule has 6 rings (SSSR count). The zero-order valence-corrected chi connectivity index (χ0v) is 25.4. The van der Waals surface area contributed by atoms with Crippen LogP contribution in [0.2, 0.25) is 0 Å². The molecular weight excluding hydrogens is 518 g/mol. The van der Waals surface area contributed by atoms with Gasteiger partial charge in [-0.2, -0.15) is 0 Å². The lowest BCUT2D eigenvalue weighted by Gasteiger charge is -2.52. The minimum Gasteiger partial charge on any atom is -0.393 e. The fourth-order valence-electron chi connectivity index (χ4n) is 8.12. The van der Waals surface area contributed by atoms with Crippen molar-refractivity contribution < 1.29 is 14.6 Å². The largest absolute Gasteiger partial charge is 0.393 e. The second-order valence-electron chi connectivity index (χ2n) is 14.0. The van der Waals surface area contributed by atoms with E-state index in [1.165, 1.54) is 22.3 Å². The number of hydrogen-bond donors (Lipinski definition) is 2. The normalized spacial score (nSPS) is 28.5. The van der Waals surface area contributed by atoms with Gasteiger partial charge in [0.15, 0.2) is 5.78 Å². The third-order valence-corrected chi connectivity index (χ3v) is 10.4. The van der Waals surface area contributed by atoms with E-state index in [4.69, 9.17) is 4.74 Å². The van der Waals surface area contributed by atoms with Crippen LogP contribution in [0.25, 0.3) is 0 Å². The summed E-state index contributed by atoms with van der Waals surface area (Å²) in [6.07, 6.45) is 10.9.